The Bertz CT molecular complexity index is 1620. The van der Waals surface area contributed by atoms with Crippen molar-refractivity contribution >= 4 is 69.3 Å². The highest BCUT2D eigenvalue weighted by molar-refractivity contribution is 9.10. The Hall–Kier alpha value is -4.24. The molecule has 0 atom stereocenters. The molecule has 0 aromatic heterocycles. The zero-order valence-electron chi connectivity index (χ0n) is 20.5. The van der Waals surface area contributed by atoms with Crippen molar-refractivity contribution in [2.24, 2.45) is 5.10 Å². The highest BCUT2D eigenvalue weighted by atomic mass is 79.9. The summed E-state index contributed by atoms with van der Waals surface area (Å²) in [5, 5.41) is 4.52. The molecule has 7 nitrogen and oxygen atoms in total. The number of para-hydroxylation sites is 2. The molecular formula is C30H19BrCl2N2O5. The van der Waals surface area contributed by atoms with Crippen LogP contribution >= 0.6 is 39.1 Å². The predicted octanol–water partition coefficient (Wildman–Crippen LogP) is 7.36. The molecule has 0 unspecified atom stereocenters. The minimum absolute atomic E-state index is 0.186. The first-order chi connectivity index (χ1) is 19.3. The van der Waals surface area contributed by atoms with Crippen LogP contribution in [0.1, 0.15) is 31.8 Å². The summed E-state index contributed by atoms with van der Waals surface area (Å²) in [6.45, 7) is 0. The van der Waals surface area contributed by atoms with Crippen LogP contribution in [-0.2, 0) is 4.79 Å². The smallest absolute Gasteiger partial charge is 0.343 e. The van der Waals surface area contributed by atoms with E-state index in [1.54, 1.807) is 78.9 Å². The summed E-state index contributed by atoms with van der Waals surface area (Å²) in [5.74, 6) is -1.24. The number of hydrogen-bond acceptors (Lipinski definition) is 6. The monoisotopic (exact) mass is 636 g/mol. The van der Waals surface area contributed by atoms with E-state index in [4.69, 9.17) is 32.7 Å². The molecule has 4 rings (SSSR count). The molecule has 10 heteroatoms. The Balaban J connectivity index is 1.41. The molecule has 0 saturated carbocycles. The van der Waals surface area contributed by atoms with Gasteiger partial charge in [-0.1, -0.05) is 69.5 Å². The lowest BCUT2D eigenvalue weighted by Gasteiger charge is -2.08. The van der Waals surface area contributed by atoms with Crippen molar-refractivity contribution in [3.05, 3.63) is 134 Å². The minimum atomic E-state index is -0.674. The van der Waals surface area contributed by atoms with Crippen LogP contribution < -0.4 is 14.9 Å². The first kappa shape index (κ1) is 28.8. The number of nitrogens with zero attached hydrogens (tertiary/aromatic N) is 1. The number of benzene rings is 4. The Labute approximate surface area is 248 Å². The van der Waals surface area contributed by atoms with Crippen molar-refractivity contribution in [3.63, 3.8) is 0 Å². The number of carbonyl (C=O) groups excluding carboxylic acids is 3. The molecule has 0 aliphatic carbocycles. The molecule has 4 aromatic carbocycles. The van der Waals surface area contributed by atoms with E-state index in [9.17, 15) is 14.4 Å². The van der Waals surface area contributed by atoms with Crippen molar-refractivity contribution in [3.8, 4) is 11.5 Å². The number of ether oxygens (including phenoxy) is 2. The number of esters is 2. The van der Waals surface area contributed by atoms with E-state index in [2.05, 4.69) is 26.5 Å². The van der Waals surface area contributed by atoms with Gasteiger partial charge in [0, 0.05) is 26.7 Å². The van der Waals surface area contributed by atoms with E-state index in [0.717, 1.165) is 4.47 Å². The number of carbonyl (C=O) groups is 3. The number of amides is 1. The molecule has 1 amide bonds. The topological polar surface area (TPSA) is 94.1 Å². The highest BCUT2D eigenvalue weighted by Gasteiger charge is 2.12. The third-order valence-corrected chi connectivity index (χ3v) is 6.35. The van der Waals surface area contributed by atoms with Gasteiger partial charge in [-0.15, -0.1) is 0 Å². The second kappa shape index (κ2) is 13.7. The van der Waals surface area contributed by atoms with Gasteiger partial charge in [-0.3, -0.25) is 4.79 Å². The van der Waals surface area contributed by atoms with Gasteiger partial charge in [0.15, 0.2) is 0 Å². The number of hydrogen-bond donors (Lipinski definition) is 1. The Morgan fingerprint density at radius 3 is 2.15 bits per heavy atom. The molecule has 200 valence electrons. The van der Waals surface area contributed by atoms with Crippen molar-refractivity contribution in [2.75, 3.05) is 0 Å². The maximum atomic E-state index is 12.6. The zero-order chi connectivity index (χ0) is 28.5. The van der Waals surface area contributed by atoms with E-state index >= 15 is 0 Å². The van der Waals surface area contributed by atoms with Crippen molar-refractivity contribution in [1.82, 2.24) is 5.43 Å². The van der Waals surface area contributed by atoms with Gasteiger partial charge < -0.3 is 9.47 Å². The molecule has 4 aromatic rings. The fourth-order valence-electron chi connectivity index (χ4n) is 3.33. The summed E-state index contributed by atoms with van der Waals surface area (Å²) in [5.41, 5.74) is 3.91. The Kier molecular flexibility index (Phi) is 9.86. The Morgan fingerprint density at radius 2 is 1.45 bits per heavy atom. The van der Waals surface area contributed by atoms with Crippen molar-refractivity contribution in [2.45, 2.75) is 0 Å². The Morgan fingerprint density at radius 1 is 0.800 bits per heavy atom. The van der Waals surface area contributed by atoms with Gasteiger partial charge in [0.1, 0.15) is 11.5 Å². The van der Waals surface area contributed by atoms with E-state index in [1.165, 1.54) is 30.5 Å². The van der Waals surface area contributed by atoms with Crippen LogP contribution in [0.5, 0.6) is 11.5 Å². The molecule has 0 spiro atoms. The van der Waals surface area contributed by atoms with Gasteiger partial charge in [-0.05, 0) is 66.7 Å². The fourth-order valence-corrected chi connectivity index (χ4v) is 4.09. The van der Waals surface area contributed by atoms with Gasteiger partial charge in [-0.2, -0.15) is 5.10 Å². The fraction of sp³-hybridized carbons (Fsp3) is 0. The van der Waals surface area contributed by atoms with Crippen molar-refractivity contribution < 1.29 is 23.9 Å². The molecule has 0 aliphatic rings. The van der Waals surface area contributed by atoms with Crippen molar-refractivity contribution in [1.29, 1.82) is 0 Å². The quantitative estimate of drug-likeness (QED) is 0.0716. The van der Waals surface area contributed by atoms with E-state index in [0.29, 0.717) is 21.7 Å². The molecular weight excluding hydrogens is 619 g/mol. The van der Waals surface area contributed by atoms with Crippen LogP contribution in [0, 0.1) is 0 Å². The standard InChI is InChI=1S/C30H19BrCl2N2O5/c31-22-12-9-20(10-13-22)30(38)40-26-7-3-1-5-19(26)11-16-28(36)39-27-8-4-2-6-21(27)18-34-35-29(37)24-15-14-23(32)17-25(24)33/h1-18H,(H,35,37)/b16-11+,34-18+. The third-order valence-electron chi connectivity index (χ3n) is 5.28. The zero-order valence-corrected chi connectivity index (χ0v) is 23.6. The maximum Gasteiger partial charge on any atom is 0.343 e. The number of rotatable bonds is 8. The average molecular weight is 638 g/mol. The molecule has 0 aliphatic heterocycles. The van der Waals surface area contributed by atoms with E-state index in [1.807, 2.05) is 0 Å². The van der Waals surface area contributed by atoms with Crippen LogP contribution in [0.25, 0.3) is 6.08 Å². The van der Waals surface area contributed by atoms with E-state index < -0.39 is 17.8 Å². The lowest BCUT2D eigenvalue weighted by atomic mass is 10.2. The normalized spacial score (nSPS) is 11.0. The van der Waals surface area contributed by atoms with E-state index in [-0.39, 0.29) is 22.1 Å². The first-order valence-electron chi connectivity index (χ1n) is 11.6. The second-order valence-electron chi connectivity index (χ2n) is 8.05. The van der Waals surface area contributed by atoms with Crippen LogP contribution in [-0.4, -0.2) is 24.1 Å². The molecule has 0 fully saturated rings. The van der Waals surface area contributed by atoms with Gasteiger partial charge >= 0.3 is 11.9 Å². The van der Waals surface area contributed by atoms with Gasteiger partial charge in [-0.25, -0.2) is 15.0 Å². The molecule has 0 bridgehead atoms. The van der Waals surface area contributed by atoms with Crippen LogP contribution in [0.3, 0.4) is 0 Å². The maximum absolute atomic E-state index is 12.6. The first-order valence-corrected chi connectivity index (χ1v) is 13.2. The molecule has 0 heterocycles. The molecule has 1 N–H and O–H groups in total. The summed E-state index contributed by atoms with van der Waals surface area (Å²) in [6, 6.07) is 24.7. The number of halogens is 3. The molecule has 0 radical (unpaired) electrons. The predicted molar refractivity (Wildman–Crippen MR) is 158 cm³/mol. The van der Waals surface area contributed by atoms with Gasteiger partial charge in [0.2, 0.25) is 0 Å². The van der Waals surface area contributed by atoms with Crippen LogP contribution in [0.4, 0.5) is 0 Å². The van der Waals surface area contributed by atoms with Crippen LogP contribution in [0.2, 0.25) is 10.0 Å². The molecule has 0 saturated heterocycles. The summed E-state index contributed by atoms with van der Waals surface area (Å²) in [7, 11) is 0. The average Bonchev–Trinajstić information content (AvgIpc) is 2.93. The molecule has 40 heavy (non-hydrogen) atoms. The number of hydrazone groups is 1. The second-order valence-corrected chi connectivity index (χ2v) is 9.81. The highest BCUT2D eigenvalue weighted by Crippen LogP contribution is 2.23. The number of nitrogens with one attached hydrogen (secondary N) is 1. The van der Waals surface area contributed by atoms with Crippen LogP contribution in [0.15, 0.2) is 107 Å². The lowest BCUT2D eigenvalue weighted by Crippen LogP contribution is -2.18. The summed E-state index contributed by atoms with van der Waals surface area (Å²) >= 11 is 15.3. The third kappa shape index (κ3) is 7.89. The lowest BCUT2D eigenvalue weighted by molar-refractivity contribution is -0.128. The SMILES string of the molecule is O=C(/C=C/c1ccccc1OC(=O)c1ccc(Br)cc1)Oc1ccccc1/C=N/NC(=O)c1ccc(Cl)cc1Cl. The summed E-state index contributed by atoms with van der Waals surface area (Å²) < 4.78 is 11.8. The minimum Gasteiger partial charge on any atom is -0.423 e. The van der Waals surface area contributed by atoms with Gasteiger partial charge in [0.05, 0.1) is 22.4 Å². The largest absolute Gasteiger partial charge is 0.423 e. The van der Waals surface area contributed by atoms with Gasteiger partial charge in [0.25, 0.3) is 5.91 Å². The summed E-state index contributed by atoms with van der Waals surface area (Å²) in [4.78, 5) is 37.5. The summed E-state index contributed by atoms with van der Waals surface area (Å²) in [6.07, 6.45) is 4.04.